The van der Waals surface area contributed by atoms with Crippen molar-refractivity contribution in [2.75, 3.05) is 23.3 Å². The highest BCUT2D eigenvalue weighted by atomic mass is 16.2. The van der Waals surface area contributed by atoms with Gasteiger partial charge in [0, 0.05) is 43.4 Å². The zero-order chi connectivity index (χ0) is 20.9. The Bertz CT molecular complexity index is 1030. The summed E-state index contributed by atoms with van der Waals surface area (Å²) in [5.74, 6) is 0.589. The molecular weight excluding hydrogens is 378 g/mol. The predicted molar refractivity (Wildman–Crippen MR) is 117 cm³/mol. The van der Waals surface area contributed by atoms with E-state index in [2.05, 4.69) is 31.8 Å². The lowest BCUT2D eigenvalue weighted by atomic mass is 10.0. The predicted octanol–water partition coefficient (Wildman–Crippen LogP) is 3.43. The van der Waals surface area contributed by atoms with E-state index in [0.717, 1.165) is 36.5 Å². The maximum atomic E-state index is 12.7. The average molecular weight is 403 g/mol. The van der Waals surface area contributed by atoms with Crippen molar-refractivity contribution in [3.8, 4) is 11.3 Å². The molecule has 1 aromatic heterocycles. The fourth-order valence-electron chi connectivity index (χ4n) is 3.75. The Balaban J connectivity index is 1.40. The van der Waals surface area contributed by atoms with Gasteiger partial charge >= 0.3 is 0 Å². The highest BCUT2D eigenvalue weighted by Gasteiger charge is 2.23. The molecule has 1 atom stereocenters. The van der Waals surface area contributed by atoms with Crippen molar-refractivity contribution in [1.29, 1.82) is 0 Å². The van der Waals surface area contributed by atoms with Crippen LogP contribution in [0.25, 0.3) is 11.3 Å². The van der Waals surface area contributed by atoms with Crippen LogP contribution in [0.15, 0.2) is 60.7 Å². The van der Waals surface area contributed by atoms with Crippen molar-refractivity contribution in [3.63, 3.8) is 0 Å². The molecule has 0 saturated carbocycles. The number of hydrogen-bond donors (Lipinski definition) is 3. The molecule has 7 heteroatoms. The van der Waals surface area contributed by atoms with Gasteiger partial charge in [-0.15, -0.1) is 0 Å². The third-order valence-electron chi connectivity index (χ3n) is 5.17. The quantitative estimate of drug-likeness (QED) is 0.609. The largest absolute Gasteiger partial charge is 0.353 e. The molecule has 1 saturated heterocycles. The first kappa shape index (κ1) is 19.7. The first-order valence-electron chi connectivity index (χ1n) is 10.1. The number of nitrogens with zero attached hydrogens (tertiary/aromatic N) is 2. The number of carbonyl (C=O) groups excluding carboxylic acids is 2. The first-order valence-corrected chi connectivity index (χ1v) is 10.1. The number of carbonyl (C=O) groups is 2. The maximum Gasteiger partial charge on any atom is 0.251 e. The van der Waals surface area contributed by atoms with E-state index in [1.807, 2.05) is 30.3 Å². The molecular formula is C23H25N5O2. The number of benzene rings is 2. The SMILES string of the molecule is CC(=O)Nc1cccc(C(=O)N[C@@H]2CCCN(c3cc(-c4ccccc4)[nH]n3)C2)c1. The maximum absolute atomic E-state index is 12.7. The van der Waals surface area contributed by atoms with Crippen molar-refractivity contribution in [2.45, 2.75) is 25.8 Å². The second-order valence-electron chi connectivity index (χ2n) is 7.53. The van der Waals surface area contributed by atoms with Gasteiger partial charge < -0.3 is 15.5 Å². The molecule has 30 heavy (non-hydrogen) atoms. The standard InChI is InChI=1S/C23H25N5O2/c1-16(29)24-19-10-5-9-18(13-19)23(30)25-20-11-6-12-28(15-20)22-14-21(26-27-22)17-7-3-2-4-8-17/h2-5,7-10,13-14,20H,6,11-12,15H2,1H3,(H,24,29)(H,25,30)(H,26,27)/t20-/m1/s1. The van der Waals surface area contributed by atoms with E-state index in [9.17, 15) is 9.59 Å². The molecule has 0 aliphatic carbocycles. The molecule has 0 bridgehead atoms. The lowest BCUT2D eigenvalue weighted by Gasteiger charge is -2.33. The van der Waals surface area contributed by atoms with Crippen LogP contribution in [0, 0.1) is 0 Å². The summed E-state index contributed by atoms with van der Waals surface area (Å²) in [5, 5.41) is 13.4. The molecule has 154 valence electrons. The average Bonchev–Trinajstić information content (AvgIpc) is 3.25. The van der Waals surface area contributed by atoms with Gasteiger partial charge in [-0.2, -0.15) is 5.10 Å². The van der Waals surface area contributed by atoms with Gasteiger partial charge in [0.1, 0.15) is 0 Å². The van der Waals surface area contributed by atoms with Gasteiger partial charge in [0.15, 0.2) is 5.82 Å². The molecule has 4 rings (SSSR count). The fourth-order valence-corrected chi connectivity index (χ4v) is 3.75. The number of aromatic nitrogens is 2. The van der Waals surface area contributed by atoms with Gasteiger partial charge in [-0.25, -0.2) is 0 Å². The fraction of sp³-hybridized carbons (Fsp3) is 0.261. The van der Waals surface area contributed by atoms with Crippen LogP contribution < -0.4 is 15.5 Å². The van der Waals surface area contributed by atoms with E-state index < -0.39 is 0 Å². The molecule has 7 nitrogen and oxygen atoms in total. The van der Waals surface area contributed by atoms with Crippen LogP contribution in [0.1, 0.15) is 30.1 Å². The Morgan fingerprint density at radius 3 is 2.73 bits per heavy atom. The van der Waals surface area contributed by atoms with Gasteiger partial charge in [-0.3, -0.25) is 14.7 Å². The zero-order valence-electron chi connectivity index (χ0n) is 16.9. The van der Waals surface area contributed by atoms with Crippen LogP contribution in [0.2, 0.25) is 0 Å². The van der Waals surface area contributed by atoms with E-state index in [1.165, 1.54) is 6.92 Å². The zero-order valence-corrected chi connectivity index (χ0v) is 16.9. The van der Waals surface area contributed by atoms with Crippen LogP contribution in [0.4, 0.5) is 11.5 Å². The van der Waals surface area contributed by atoms with E-state index in [-0.39, 0.29) is 17.9 Å². The van der Waals surface area contributed by atoms with Crippen LogP contribution >= 0.6 is 0 Å². The van der Waals surface area contributed by atoms with Gasteiger partial charge in [-0.05, 0) is 36.6 Å². The summed E-state index contributed by atoms with van der Waals surface area (Å²) < 4.78 is 0. The topological polar surface area (TPSA) is 90.1 Å². The number of anilines is 2. The normalized spacial score (nSPS) is 16.2. The minimum atomic E-state index is -0.163. The summed E-state index contributed by atoms with van der Waals surface area (Å²) in [7, 11) is 0. The Labute approximate surface area is 175 Å². The molecule has 2 aromatic carbocycles. The monoisotopic (exact) mass is 403 g/mol. The summed E-state index contributed by atoms with van der Waals surface area (Å²) in [6.07, 6.45) is 1.90. The third-order valence-corrected chi connectivity index (χ3v) is 5.17. The number of rotatable bonds is 5. The summed E-state index contributed by atoms with van der Waals surface area (Å²) in [6, 6.07) is 19.2. The first-order chi connectivity index (χ1) is 14.6. The molecule has 1 aliphatic rings. The van der Waals surface area contributed by atoms with Crippen molar-refractivity contribution in [3.05, 3.63) is 66.2 Å². The van der Waals surface area contributed by atoms with Crippen molar-refractivity contribution in [1.82, 2.24) is 15.5 Å². The molecule has 0 radical (unpaired) electrons. The second-order valence-corrected chi connectivity index (χ2v) is 7.53. The number of hydrogen-bond acceptors (Lipinski definition) is 4. The number of aromatic amines is 1. The third kappa shape index (κ3) is 4.68. The number of H-pyrrole nitrogens is 1. The Hall–Kier alpha value is -3.61. The molecule has 3 N–H and O–H groups in total. The summed E-state index contributed by atoms with van der Waals surface area (Å²) in [5.41, 5.74) is 3.22. The highest BCUT2D eigenvalue weighted by Crippen LogP contribution is 2.24. The number of nitrogens with one attached hydrogen (secondary N) is 3. The van der Waals surface area contributed by atoms with Crippen LogP contribution in [0.5, 0.6) is 0 Å². The minimum Gasteiger partial charge on any atom is -0.353 e. The molecule has 0 unspecified atom stereocenters. The van der Waals surface area contributed by atoms with Gasteiger partial charge in [0.05, 0.1) is 5.69 Å². The van der Waals surface area contributed by atoms with Gasteiger partial charge in [0.2, 0.25) is 5.91 Å². The summed E-state index contributed by atoms with van der Waals surface area (Å²) >= 11 is 0. The van der Waals surface area contributed by atoms with E-state index in [0.29, 0.717) is 17.8 Å². The Morgan fingerprint density at radius 1 is 1.10 bits per heavy atom. The molecule has 1 fully saturated rings. The van der Waals surface area contributed by atoms with Crippen LogP contribution in [0.3, 0.4) is 0 Å². The van der Waals surface area contributed by atoms with E-state index in [1.54, 1.807) is 24.3 Å². The van der Waals surface area contributed by atoms with Crippen molar-refractivity contribution in [2.24, 2.45) is 0 Å². The van der Waals surface area contributed by atoms with E-state index >= 15 is 0 Å². The van der Waals surface area contributed by atoms with Gasteiger partial charge in [-0.1, -0.05) is 36.4 Å². The Kier molecular flexibility index (Phi) is 5.79. The molecule has 3 aromatic rings. The lowest BCUT2D eigenvalue weighted by molar-refractivity contribution is -0.114. The van der Waals surface area contributed by atoms with Crippen molar-refractivity contribution < 1.29 is 9.59 Å². The summed E-state index contributed by atoms with van der Waals surface area (Å²) in [4.78, 5) is 26.2. The smallest absolute Gasteiger partial charge is 0.251 e. The Morgan fingerprint density at radius 2 is 1.93 bits per heavy atom. The van der Waals surface area contributed by atoms with Crippen LogP contribution in [-0.4, -0.2) is 41.1 Å². The minimum absolute atomic E-state index is 0.0348. The van der Waals surface area contributed by atoms with E-state index in [4.69, 9.17) is 0 Å². The molecule has 2 heterocycles. The van der Waals surface area contributed by atoms with Crippen LogP contribution in [-0.2, 0) is 4.79 Å². The number of amides is 2. The summed E-state index contributed by atoms with van der Waals surface area (Å²) in [6.45, 7) is 3.06. The molecule has 0 spiro atoms. The van der Waals surface area contributed by atoms with Gasteiger partial charge in [0.25, 0.3) is 5.91 Å². The lowest BCUT2D eigenvalue weighted by Crippen LogP contribution is -2.48. The number of piperidine rings is 1. The van der Waals surface area contributed by atoms with Crippen molar-refractivity contribution >= 4 is 23.3 Å². The molecule has 2 amide bonds. The highest BCUT2D eigenvalue weighted by molar-refractivity contribution is 5.97. The molecule has 1 aliphatic heterocycles. The second kappa shape index (κ2) is 8.82.